The molecule has 28 heavy (non-hydrogen) atoms. The fourth-order valence-corrected chi connectivity index (χ4v) is 7.62. The van der Waals surface area contributed by atoms with Gasteiger partial charge in [0.2, 0.25) is 0 Å². The summed E-state index contributed by atoms with van der Waals surface area (Å²) in [4.78, 5) is 16.0. The maximum Gasteiger partial charge on any atom is 0.306 e. The Hall–Kier alpha value is -1.60. The predicted molar refractivity (Wildman–Crippen MR) is 104 cm³/mol. The van der Waals surface area contributed by atoms with Crippen molar-refractivity contribution in [1.29, 1.82) is 0 Å². The van der Waals surface area contributed by atoms with Crippen molar-refractivity contribution >= 4 is 15.9 Å². The van der Waals surface area contributed by atoms with E-state index in [9.17, 15) is 13.2 Å². The Morgan fingerprint density at radius 2 is 2.07 bits per heavy atom. The lowest BCUT2D eigenvalue weighted by atomic mass is 9.50. The van der Waals surface area contributed by atoms with E-state index in [1.54, 1.807) is 6.07 Å². The average Bonchev–Trinajstić information content (AvgIpc) is 3.08. The van der Waals surface area contributed by atoms with Gasteiger partial charge in [-0.1, -0.05) is 19.9 Å². The highest BCUT2D eigenvalue weighted by Gasteiger charge is 2.75. The number of ketones is 1. The molecule has 0 N–H and O–H groups in total. The highest BCUT2D eigenvalue weighted by atomic mass is 32.2. The van der Waals surface area contributed by atoms with E-state index in [2.05, 4.69) is 18.7 Å². The summed E-state index contributed by atoms with van der Waals surface area (Å²) in [6.07, 6.45) is 3.49. The number of likely N-dealkylation sites (tertiary alicyclic amines) is 1. The molecule has 1 aliphatic heterocycles. The second kappa shape index (κ2) is 5.51. The highest BCUT2D eigenvalue weighted by molar-refractivity contribution is 7.86. The van der Waals surface area contributed by atoms with Crippen molar-refractivity contribution in [2.75, 3.05) is 26.5 Å². The van der Waals surface area contributed by atoms with Gasteiger partial charge in [0, 0.05) is 30.5 Å². The van der Waals surface area contributed by atoms with Gasteiger partial charge < -0.3 is 8.92 Å². The zero-order valence-electron chi connectivity index (χ0n) is 16.8. The number of hydrogen-bond acceptors (Lipinski definition) is 6. The quantitative estimate of drug-likeness (QED) is 0.717. The molecule has 152 valence electrons. The van der Waals surface area contributed by atoms with Crippen LogP contribution in [0.25, 0.3) is 0 Å². The molecular formula is C21H27NO5S. The largest absolute Gasteiger partial charge is 0.493 e. The fraction of sp³-hybridized carbons (Fsp3) is 0.667. The molecule has 3 fully saturated rings. The van der Waals surface area contributed by atoms with E-state index in [1.165, 1.54) is 7.11 Å². The Labute approximate surface area is 166 Å². The van der Waals surface area contributed by atoms with E-state index in [1.807, 2.05) is 6.07 Å². The molecule has 1 spiro atoms. The van der Waals surface area contributed by atoms with Crippen molar-refractivity contribution in [3.05, 3.63) is 23.3 Å². The van der Waals surface area contributed by atoms with E-state index in [4.69, 9.17) is 8.92 Å². The topological polar surface area (TPSA) is 72.9 Å². The lowest BCUT2D eigenvalue weighted by Gasteiger charge is -2.58. The molecule has 1 aromatic rings. The van der Waals surface area contributed by atoms with Gasteiger partial charge in [-0.05, 0) is 42.3 Å². The Balaban J connectivity index is 1.80. The summed E-state index contributed by atoms with van der Waals surface area (Å²) in [5.41, 5.74) is 1.43. The second-order valence-corrected chi connectivity index (χ2v) is 10.8. The molecule has 0 amide bonds. The van der Waals surface area contributed by atoms with Crippen molar-refractivity contribution in [1.82, 2.24) is 4.90 Å². The van der Waals surface area contributed by atoms with Crippen LogP contribution in [0.4, 0.5) is 0 Å². The van der Waals surface area contributed by atoms with E-state index in [-0.39, 0.29) is 23.1 Å². The van der Waals surface area contributed by atoms with E-state index < -0.39 is 15.5 Å². The second-order valence-electron chi connectivity index (χ2n) is 9.19. The molecule has 3 aliphatic carbocycles. The molecule has 4 aliphatic rings. The third-order valence-electron chi connectivity index (χ3n) is 7.91. The third-order valence-corrected chi connectivity index (χ3v) is 8.38. The molecular weight excluding hydrogens is 378 g/mol. The Kier molecular flexibility index (Phi) is 3.63. The SMILES string of the molecule is CCN1C[C@]2(C)CCC(=O)[C@@]34c5ccc(OC)c(OS(C)(=O)=O)c5[C@@H](C[C@H]23)C14. The van der Waals surface area contributed by atoms with Gasteiger partial charge in [0.15, 0.2) is 11.5 Å². The lowest BCUT2D eigenvalue weighted by molar-refractivity contribution is -0.144. The van der Waals surface area contributed by atoms with Crippen LogP contribution in [0.15, 0.2) is 12.1 Å². The molecule has 0 aromatic heterocycles. The highest BCUT2D eigenvalue weighted by Crippen LogP contribution is 2.73. The first-order chi connectivity index (χ1) is 13.2. The maximum absolute atomic E-state index is 13.5. The minimum Gasteiger partial charge on any atom is -0.493 e. The van der Waals surface area contributed by atoms with Gasteiger partial charge in [-0.2, -0.15) is 8.42 Å². The van der Waals surface area contributed by atoms with Gasteiger partial charge in [-0.15, -0.1) is 0 Å². The first kappa shape index (κ1) is 18.4. The van der Waals surface area contributed by atoms with E-state index in [0.717, 1.165) is 43.3 Å². The van der Waals surface area contributed by atoms with Gasteiger partial charge in [-0.25, -0.2) is 0 Å². The minimum absolute atomic E-state index is 0.0902. The van der Waals surface area contributed by atoms with Crippen molar-refractivity contribution in [3.8, 4) is 11.5 Å². The lowest BCUT2D eigenvalue weighted by Crippen LogP contribution is -2.66. The molecule has 5 atom stereocenters. The van der Waals surface area contributed by atoms with E-state index >= 15 is 0 Å². The summed E-state index contributed by atoms with van der Waals surface area (Å²) in [6.45, 7) is 6.36. The van der Waals surface area contributed by atoms with Crippen molar-refractivity contribution in [2.45, 2.75) is 50.5 Å². The number of carbonyl (C=O) groups is 1. The molecule has 1 saturated heterocycles. The summed E-state index contributed by atoms with van der Waals surface area (Å²) < 4.78 is 34.9. The Morgan fingerprint density at radius 1 is 1.32 bits per heavy atom. The molecule has 5 bridgehead atoms. The third kappa shape index (κ3) is 2.02. The standard InChI is InChI=1S/C21H27NO5S/c1-5-22-11-20(2)9-8-16(23)21-13-6-7-14(26-3)18(27-28(4,24)25)17(13)12(19(21)22)10-15(20)21/h6-7,12,15,19H,5,8-11H2,1-4H3/t12-,15-,19?,20+,21-/m1/s1. The first-order valence-corrected chi connectivity index (χ1v) is 11.9. The summed E-state index contributed by atoms with van der Waals surface area (Å²) in [6, 6.07) is 3.85. The number of rotatable bonds is 4. The van der Waals surface area contributed by atoms with Gasteiger partial charge in [0.05, 0.1) is 18.8 Å². The van der Waals surface area contributed by atoms with Crippen molar-refractivity contribution < 1.29 is 22.1 Å². The molecule has 0 radical (unpaired) electrons. The van der Waals surface area contributed by atoms with Crippen LogP contribution in [0.2, 0.25) is 0 Å². The van der Waals surface area contributed by atoms with Gasteiger partial charge in [0.25, 0.3) is 0 Å². The molecule has 1 aromatic carbocycles. The van der Waals surface area contributed by atoms with Gasteiger partial charge in [0.1, 0.15) is 5.78 Å². The van der Waals surface area contributed by atoms with Crippen LogP contribution in [0.5, 0.6) is 11.5 Å². The number of carbonyl (C=O) groups excluding carboxylic acids is 1. The molecule has 1 unspecified atom stereocenters. The Bertz CT molecular complexity index is 989. The van der Waals surface area contributed by atoms with Crippen LogP contribution in [-0.4, -0.2) is 51.6 Å². The number of piperidine rings is 1. The summed E-state index contributed by atoms with van der Waals surface area (Å²) in [5.74, 6) is 1.42. The van der Waals surface area contributed by atoms with Crippen LogP contribution < -0.4 is 8.92 Å². The number of benzene rings is 1. The fourth-order valence-electron chi connectivity index (χ4n) is 7.15. The van der Waals surface area contributed by atoms with Crippen molar-refractivity contribution in [2.24, 2.45) is 11.3 Å². The number of methoxy groups -OCH3 is 1. The molecule has 6 nitrogen and oxygen atoms in total. The summed E-state index contributed by atoms with van der Waals surface area (Å²) in [5, 5.41) is 0. The smallest absolute Gasteiger partial charge is 0.306 e. The van der Waals surface area contributed by atoms with Crippen LogP contribution >= 0.6 is 0 Å². The monoisotopic (exact) mass is 405 g/mol. The van der Waals surface area contributed by atoms with Gasteiger partial charge in [-0.3, -0.25) is 9.69 Å². The zero-order valence-corrected chi connectivity index (χ0v) is 17.6. The predicted octanol–water partition coefficient (Wildman–Crippen LogP) is 2.46. The summed E-state index contributed by atoms with van der Waals surface area (Å²) in [7, 11) is -2.20. The normalized spacial score (nSPS) is 38.4. The van der Waals surface area contributed by atoms with Crippen LogP contribution in [0.3, 0.4) is 0 Å². The number of fused-ring (bicyclic) bond motifs is 2. The number of ether oxygens (including phenoxy) is 1. The molecule has 7 heteroatoms. The number of hydrogen-bond donors (Lipinski definition) is 0. The first-order valence-electron chi connectivity index (χ1n) is 10.1. The van der Waals surface area contributed by atoms with Crippen LogP contribution in [-0.2, 0) is 20.3 Å². The maximum atomic E-state index is 13.5. The molecule has 1 heterocycles. The number of nitrogens with zero attached hydrogens (tertiary/aromatic N) is 1. The van der Waals surface area contributed by atoms with Crippen LogP contribution in [0, 0.1) is 11.3 Å². The van der Waals surface area contributed by atoms with Gasteiger partial charge >= 0.3 is 10.1 Å². The molecule has 2 saturated carbocycles. The van der Waals surface area contributed by atoms with Crippen LogP contribution in [0.1, 0.15) is 50.2 Å². The minimum atomic E-state index is -3.72. The Morgan fingerprint density at radius 3 is 2.71 bits per heavy atom. The van der Waals surface area contributed by atoms with E-state index in [0.29, 0.717) is 23.9 Å². The number of likely N-dealkylation sites (N-methyl/N-ethyl adjacent to an activating group) is 1. The average molecular weight is 406 g/mol. The summed E-state index contributed by atoms with van der Waals surface area (Å²) >= 11 is 0. The number of Topliss-reactive ketones (excluding diaryl/α,β-unsaturated/α-hetero) is 1. The molecule has 5 rings (SSSR count). The zero-order chi connectivity index (χ0) is 20.1. The van der Waals surface area contributed by atoms with Crippen molar-refractivity contribution in [3.63, 3.8) is 0 Å².